The second kappa shape index (κ2) is 7.37. The highest BCUT2D eigenvalue weighted by Crippen LogP contribution is 2.60. The second-order valence-corrected chi connectivity index (χ2v) is 8.51. The molecule has 0 saturated heterocycles. The zero-order valence-electron chi connectivity index (χ0n) is 15.4. The average molecular weight is 408 g/mol. The Hall–Kier alpha value is -2.12. The van der Waals surface area contributed by atoms with Gasteiger partial charge in [-0.05, 0) is 37.3 Å². The van der Waals surface area contributed by atoms with Crippen molar-refractivity contribution >= 4 is 23.4 Å². The van der Waals surface area contributed by atoms with E-state index in [0.717, 1.165) is 38.4 Å². The molecule has 2 amide bonds. The number of nitrogens with one attached hydrogen (secondary N) is 3. The standard InChI is InChI=1S/C20H23ClFN3O3/c21-15-4-3-14(7-16(15)22)28-9-18(27)25-20-10-19(11-20,12-20)24-17(26)6-13-2-1-5-23-8-13/h1-4,7,13,23H,5-6,8-12H2,(H,24,26)(H,25,27). The molecular weight excluding hydrogens is 385 g/mol. The van der Waals surface area contributed by atoms with Gasteiger partial charge < -0.3 is 20.7 Å². The van der Waals surface area contributed by atoms with Crippen LogP contribution in [-0.4, -0.2) is 42.6 Å². The summed E-state index contributed by atoms with van der Waals surface area (Å²) in [6.07, 6.45) is 6.85. The summed E-state index contributed by atoms with van der Waals surface area (Å²) in [5.74, 6) is -0.287. The van der Waals surface area contributed by atoms with Gasteiger partial charge in [0, 0.05) is 36.7 Å². The molecule has 1 atom stereocenters. The summed E-state index contributed by atoms with van der Waals surface area (Å²) in [6.45, 7) is 1.50. The van der Waals surface area contributed by atoms with Crippen LogP contribution >= 0.6 is 11.6 Å². The molecule has 0 aromatic heterocycles. The van der Waals surface area contributed by atoms with Gasteiger partial charge in [0.05, 0.1) is 5.02 Å². The fraction of sp³-hybridized carbons (Fsp3) is 0.500. The Balaban J connectivity index is 1.18. The number of hydrogen-bond acceptors (Lipinski definition) is 4. The van der Waals surface area contributed by atoms with Gasteiger partial charge in [-0.25, -0.2) is 4.39 Å². The number of benzene rings is 1. The number of hydrogen-bond donors (Lipinski definition) is 3. The molecule has 1 aromatic rings. The van der Waals surface area contributed by atoms with Crippen LogP contribution in [0.25, 0.3) is 0 Å². The SMILES string of the molecule is O=C(COc1ccc(Cl)c(F)c1)NC12CC(NC(=O)CC3C=CCNC3)(C1)C2. The van der Waals surface area contributed by atoms with Crippen molar-refractivity contribution in [2.45, 2.75) is 36.8 Å². The van der Waals surface area contributed by atoms with E-state index >= 15 is 0 Å². The molecule has 1 heterocycles. The molecule has 1 aliphatic heterocycles. The molecule has 4 aliphatic rings. The maximum Gasteiger partial charge on any atom is 0.258 e. The molecule has 5 rings (SSSR count). The molecule has 6 nitrogen and oxygen atoms in total. The van der Waals surface area contributed by atoms with Crippen molar-refractivity contribution in [3.8, 4) is 5.75 Å². The lowest BCUT2D eigenvalue weighted by atomic mass is 9.44. The summed E-state index contributed by atoms with van der Waals surface area (Å²) >= 11 is 5.62. The quantitative estimate of drug-likeness (QED) is 0.603. The number of amides is 2. The topological polar surface area (TPSA) is 79.5 Å². The van der Waals surface area contributed by atoms with Crippen molar-refractivity contribution in [2.24, 2.45) is 5.92 Å². The van der Waals surface area contributed by atoms with E-state index in [-0.39, 0.29) is 46.2 Å². The van der Waals surface area contributed by atoms with Gasteiger partial charge in [-0.15, -0.1) is 0 Å². The normalized spacial score (nSPS) is 30.0. The summed E-state index contributed by atoms with van der Waals surface area (Å²) in [4.78, 5) is 24.4. The van der Waals surface area contributed by atoms with Gasteiger partial charge in [0.15, 0.2) is 6.61 Å². The van der Waals surface area contributed by atoms with Crippen molar-refractivity contribution in [3.05, 3.63) is 41.2 Å². The van der Waals surface area contributed by atoms with Crippen LogP contribution in [0, 0.1) is 11.7 Å². The third-order valence-corrected chi connectivity index (χ3v) is 5.93. The van der Waals surface area contributed by atoms with Crippen LogP contribution in [0.5, 0.6) is 5.75 Å². The first kappa shape index (κ1) is 19.2. The van der Waals surface area contributed by atoms with Crippen LogP contribution < -0.4 is 20.7 Å². The van der Waals surface area contributed by atoms with Gasteiger partial charge in [-0.2, -0.15) is 0 Å². The molecule has 150 valence electrons. The van der Waals surface area contributed by atoms with E-state index in [1.807, 2.05) is 6.08 Å². The van der Waals surface area contributed by atoms with E-state index in [9.17, 15) is 14.0 Å². The third-order valence-electron chi connectivity index (χ3n) is 5.63. The third kappa shape index (κ3) is 4.00. The Labute approximate surface area is 167 Å². The molecular formula is C20H23ClFN3O3. The van der Waals surface area contributed by atoms with Crippen LogP contribution in [0.4, 0.5) is 4.39 Å². The van der Waals surface area contributed by atoms with E-state index in [0.29, 0.717) is 6.42 Å². The molecule has 1 unspecified atom stereocenters. The summed E-state index contributed by atoms with van der Waals surface area (Å²) in [7, 11) is 0. The molecule has 3 N–H and O–H groups in total. The number of halogens is 2. The van der Waals surface area contributed by atoms with Crippen LogP contribution in [0.3, 0.4) is 0 Å². The Morgan fingerprint density at radius 1 is 1.21 bits per heavy atom. The molecule has 0 spiro atoms. The van der Waals surface area contributed by atoms with E-state index in [4.69, 9.17) is 16.3 Å². The van der Waals surface area contributed by atoms with E-state index in [1.165, 1.54) is 12.1 Å². The summed E-state index contributed by atoms with van der Waals surface area (Å²) in [5, 5.41) is 9.37. The average Bonchev–Trinajstić information content (AvgIpc) is 2.60. The van der Waals surface area contributed by atoms with Crippen molar-refractivity contribution in [2.75, 3.05) is 19.7 Å². The molecule has 1 aromatic carbocycles. The Bertz CT molecular complexity index is 809. The van der Waals surface area contributed by atoms with Crippen LogP contribution in [0.15, 0.2) is 30.4 Å². The first-order chi connectivity index (χ1) is 13.4. The minimum absolute atomic E-state index is 0.00813. The number of ether oxygens (including phenoxy) is 1. The van der Waals surface area contributed by atoms with Crippen molar-refractivity contribution < 1.29 is 18.7 Å². The maximum atomic E-state index is 13.4. The first-order valence-corrected chi connectivity index (χ1v) is 9.82. The lowest BCUT2D eigenvalue weighted by Crippen LogP contribution is -2.84. The molecule has 3 saturated carbocycles. The first-order valence-electron chi connectivity index (χ1n) is 9.44. The van der Waals surface area contributed by atoms with Crippen LogP contribution in [-0.2, 0) is 9.59 Å². The maximum absolute atomic E-state index is 13.4. The monoisotopic (exact) mass is 407 g/mol. The van der Waals surface area contributed by atoms with E-state index < -0.39 is 5.82 Å². The van der Waals surface area contributed by atoms with Gasteiger partial charge in [0.25, 0.3) is 5.91 Å². The molecule has 0 radical (unpaired) electrons. The molecule has 3 fully saturated rings. The lowest BCUT2D eigenvalue weighted by molar-refractivity contribution is -0.150. The predicted octanol–water partition coefficient (Wildman–Crippen LogP) is 1.93. The molecule has 3 aliphatic carbocycles. The summed E-state index contributed by atoms with van der Waals surface area (Å²) in [5.41, 5.74) is -0.415. The van der Waals surface area contributed by atoms with E-state index in [2.05, 4.69) is 22.0 Å². The minimum Gasteiger partial charge on any atom is -0.484 e. The molecule has 2 bridgehead atoms. The Morgan fingerprint density at radius 3 is 2.57 bits per heavy atom. The lowest BCUT2D eigenvalue weighted by Gasteiger charge is -2.70. The van der Waals surface area contributed by atoms with Crippen molar-refractivity contribution in [3.63, 3.8) is 0 Å². The number of carbonyl (C=O) groups excluding carboxylic acids is 2. The summed E-state index contributed by atoms with van der Waals surface area (Å²) in [6, 6.07) is 4.05. The van der Waals surface area contributed by atoms with Crippen molar-refractivity contribution in [1.29, 1.82) is 0 Å². The highest BCUT2D eigenvalue weighted by Gasteiger charge is 2.69. The predicted molar refractivity (Wildman–Crippen MR) is 103 cm³/mol. The highest BCUT2D eigenvalue weighted by molar-refractivity contribution is 6.30. The zero-order chi connectivity index (χ0) is 19.8. The Kier molecular flexibility index (Phi) is 5.05. The fourth-order valence-electron chi connectivity index (χ4n) is 4.51. The van der Waals surface area contributed by atoms with Crippen LogP contribution in [0.2, 0.25) is 5.02 Å². The smallest absolute Gasteiger partial charge is 0.258 e. The van der Waals surface area contributed by atoms with Gasteiger partial charge >= 0.3 is 0 Å². The summed E-state index contributed by atoms with van der Waals surface area (Å²) < 4.78 is 18.7. The minimum atomic E-state index is -0.587. The largest absolute Gasteiger partial charge is 0.484 e. The van der Waals surface area contributed by atoms with Gasteiger partial charge in [-0.1, -0.05) is 23.8 Å². The van der Waals surface area contributed by atoms with Gasteiger partial charge in [0.2, 0.25) is 5.91 Å². The molecule has 28 heavy (non-hydrogen) atoms. The fourth-order valence-corrected chi connectivity index (χ4v) is 4.62. The van der Waals surface area contributed by atoms with E-state index in [1.54, 1.807) is 0 Å². The number of rotatable bonds is 7. The Morgan fingerprint density at radius 2 is 1.93 bits per heavy atom. The zero-order valence-corrected chi connectivity index (χ0v) is 16.2. The molecule has 8 heteroatoms. The van der Waals surface area contributed by atoms with Gasteiger partial charge in [0.1, 0.15) is 11.6 Å². The number of carbonyl (C=O) groups is 2. The highest BCUT2D eigenvalue weighted by atomic mass is 35.5. The van der Waals surface area contributed by atoms with Crippen molar-refractivity contribution in [1.82, 2.24) is 16.0 Å². The van der Waals surface area contributed by atoms with Crippen LogP contribution in [0.1, 0.15) is 25.7 Å². The van der Waals surface area contributed by atoms with Gasteiger partial charge in [-0.3, -0.25) is 9.59 Å². The second-order valence-electron chi connectivity index (χ2n) is 8.10.